The van der Waals surface area contributed by atoms with Crippen LogP contribution in [0.2, 0.25) is 0 Å². The summed E-state index contributed by atoms with van der Waals surface area (Å²) in [5, 5.41) is 1.91. The number of hydrogen-bond acceptors (Lipinski definition) is 7. The van der Waals surface area contributed by atoms with E-state index in [1.54, 1.807) is 13.0 Å². The van der Waals surface area contributed by atoms with Gasteiger partial charge in [-0.3, -0.25) is 0 Å². The number of carbonyl (C=O) groups excluding carboxylic acids is 1. The van der Waals surface area contributed by atoms with Crippen molar-refractivity contribution in [2.45, 2.75) is 18.4 Å². The minimum absolute atomic E-state index is 0.0593. The number of nitrogens with zero attached hydrogens (tertiary/aromatic N) is 1. The number of sulfone groups is 1. The maximum absolute atomic E-state index is 12.3. The van der Waals surface area contributed by atoms with Crippen molar-refractivity contribution < 1.29 is 22.4 Å². The Hall–Kier alpha value is -2.45. The number of aromatic nitrogens is 1. The Labute approximate surface area is 149 Å². The van der Waals surface area contributed by atoms with Gasteiger partial charge in [-0.25, -0.2) is 18.2 Å². The third kappa shape index (κ3) is 3.97. The molecule has 0 spiro atoms. The SMILES string of the molecule is Cc1ccc(S(C)(=O)=O)cc1C(=O)OCc1coc(-c2cccs2)n1. The maximum Gasteiger partial charge on any atom is 0.338 e. The van der Waals surface area contributed by atoms with Gasteiger partial charge in [0.15, 0.2) is 9.84 Å². The molecule has 0 saturated carbocycles. The topological polar surface area (TPSA) is 86.5 Å². The number of carbonyl (C=O) groups is 1. The number of ether oxygens (including phenoxy) is 1. The lowest BCUT2D eigenvalue weighted by molar-refractivity contribution is 0.0466. The average molecular weight is 377 g/mol. The second-order valence-corrected chi connectivity index (χ2v) is 8.41. The van der Waals surface area contributed by atoms with Gasteiger partial charge in [-0.05, 0) is 36.1 Å². The molecule has 0 aliphatic rings. The Balaban J connectivity index is 1.73. The summed E-state index contributed by atoms with van der Waals surface area (Å²) in [6.45, 7) is 1.66. The first kappa shape index (κ1) is 17.4. The summed E-state index contributed by atoms with van der Waals surface area (Å²) in [5.74, 6) is -0.139. The predicted octanol–water partition coefficient (Wildman–Crippen LogP) is 3.47. The van der Waals surface area contributed by atoms with E-state index < -0.39 is 15.8 Å². The fourth-order valence-electron chi connectivity index (χ4n) is 2.16. The first-order valence-corrected chi connectivity index (χ1v) is 10.1. The minimum atomic E-state index is -3.40. The van der Waals surface area contributed by atoms with Gasteiger partial charge in [0, 0.05) is 6.26 Å². The summed E-state index contributed by atoms with van der Waals surface area (Å²) in [6.07, 6.45) is 2.52. The standard InChI is InChI=1S/C17H15NO5S2/c1-11-5-6-13(25(2,20)21)8-14(11)17(19)23-10-12-9-22-16(18-12)15-4-3-7-24-15/h3-9H,10H2,1-2H3. The molecule has 2 heterocycles. The molecule has 0 radical (unpaired) electrons. The van der Waals surface area contributed by atoms with Gasteiger partial charge in [-0.2, -0.15) is 0 Å². The second kappa shape index (κ2) is 6.81. The molecule has 130 valence electrons. The van der Waals surface area contributed by atoms with Crippen molar-refractivity contribution in [2.24, 2.45) is 0 Å². The predicted molar refractivity (Wildman–Crippen MR) is 93.2 cm³/mol. The Morgan fingerprint density at radius 1 is 1.32 bits per heavy atom. The maximum atomic E-state index is 12.3. The molecule has 0 amide bonds. The third-order valence-electron chi connectivity index (χ3n) is 3.49. The number of esters is 1. The van der Waals surface area contributed by atoms with Crippen molar-refractivity contribution >= 4 is 27.1 Å². The molecule has 6 nitrogen and oxygen atoms in total. The second-order valence-electron chi connectivity index (χ2n) is 5.45. The number of aryl methyl sites for hydroxylation is 1. The van der Waals surface area contributed by atoms with Crippen molar-refractivity contribution in [1.82, 2.24) is 4.98 Å². The van der Waals surface area contributed by atoms with E-state index in [-0.39, 0.29) is 17.1 Å². The average Bonchev–Trinajstić information content (AvgIpc) is 3.23. The van der Waals surface area contributed by atoms with Crippen LogP contribution in [0.1, 0.15) is 21.6 Å². The highest BCUT2D eigenvalue weighted by atomic mass is 32.2. The summed E-state index contributed by atoms with van der Waals surface area (Å²) in [4.78, 5) is 17.5. The number of oxazole rings is 1. The molecule has 2 aromatic heterocycles. The van der Waals surface area contributed by atoms with Crippen LogP contribution in [0, 0.1) is 6.92 Å². The molecule has 0 bridgehead atoms. The molecular formula is C17H15NO5S2. The number of benzene rings is 1. The molecule has 1 aromatic carbocycles. The molecule has 25 heavy (non-hydrogen) atoms. The van der Waals surface area contributed by atoms with Crippen molar-refractivity contribution in [2.75, 3.05) is 6.26 Å². The zero-order valence-corrected chi connectivity index (χ0v) is 15.2. The Morgan fingerprint density at radius 2 is 2.12 bits per heavy atom. The zero-order chi connectivity index (χ0) is 18.0. The number of thiophene rings is 1. The lowest BCUT2D eigenvalue weighted by atomic mass is 10.1. The minimum Gasteiger partial charge on any atom is -0.455 e. The summed E-state index contributed by atoms with van der Waals surface area (Å²) < 4.78 is 33.9. The lowest BCUT2D eigenvalue weighted by Gasteiger charge is -2.07. The van der Waals surface area contributed by atoms with Crippen LogP contribution in [0.3, 0.4) is 0 Å². The van der Waals surface area contributed by atoms with E-state index in [4.69, 9.17) is 9.15 Å². The van der Waals surface area contributed by atoms with E-state index in [2.05, 4.69) is 4.98 Å². The van der Waals surface area contributed by atoms with Crippen molar-refractivity contribution in [1.29, 1.82) is 0 Å². The van der Waals surface area contributed by atoms with Gasteiger partial charge in [0.2, 0.25) is 5.89 Å². The van der Waals surface area contributed by atoms with E-state index in [1.165, 1.54) is 29.7 Å². The molecule has 3 aromatic rings. The van der Waals surface area contributed by atoms with Crippen molar-refractivity contribution in [3.05, 3.63) is 58.8 Å². The van der Waals surface area contributed by atoms with E-state index in [1.807, 2.05) is 17.5 Å². The van der Waals surface area contributed by atoms with E-state index >= 15 is 0 Å². The van der Waals surface area contributed by atoms with E-state index in [0.717, 1.165) is 11.1 Å². The quantitative estimate of drug-likeness (QED) is 0.633. The van der Waals surface area contributed by atoms with Crippen LogP contribution in [-0.2, 0) is 21.2 Å². The monoisotopic (exact) mass is 377 g/mol. The smallest absolute Gasteiger partial charge is 0.338 e. The first-order valence-electron chi connectivity index (χ1n) is 7.31. The first-order chi connectivity index (χ1) is 11.8. The van der Waals surface area contributed by atoms with E-state index in [9.17, 15) is 13.2 Å². The van der Waals surface area contributed by atoms with Gasteiger partial charge in [0.1, 0.15) is 18.6 Å². The van der Waals surface area contributed by atoms with Gasteiger partial charge in [0.05, 0.1) is 15.3 Å². The van der Waals surface area contributed by atoms with Crippen LogP contribution in [0.25, 0.3) is 10.8 Å². The molecule has 8 heteroatoms. The number of hydrogen-bond donors (Lipinski definition) is 0. The van der Waals surface area contributed by atoms with Crippen LogP contribution in [0.5, 0.6) is 0 Å². The highest BCUT2D eigenvalue weighted by Gasteiger charge is 2.16. The van der Waals surface area contributed by atoms with Crippen LogP contribution < -0.4 is 0 Å². The number of rotatable bonds is 5. The highest BCUT2D eigenvalue weighted by molar-refractivity contribution is 7.90. The van der Waals surface area contributed by atoms with Gasteiger partial charge in [-0.1, -0.05) is 12.1 Å². The molecule has 0 fully saturated rings. The summed E-state index contributed by atoms with van der Waals surface area (Å²) in [5.41, 5.74) is 1.33. The summed E-state index contributed by atoms with van der Waals surface area (Å²) in [7, 11) is -3.40. The molecule has 0 N–H and O–H groups in total. The van der Waals surface area contributed by atoms with Gasteiger partial charge in [0.25, 0.3) is 0 Å². The van der Waals surface area contributed by atoms with Gasteiger partial charge >= 0.3 is 5.97 Å². The van der Waals surface area contributed by atoms with Crippen molar-refractivity contribution in [3.8, 4) is 10.8 Å². The zero-order valence-electron chi connectivity index (χ0n) is 13.6. The molecule has 0 aliphatic carbocycles. The molecule has 0 aliphatic heterocycles. The molecule has 0 saturated heterocycles. The van der Waals surface area contributed by atoms with Crippen LogP contribution in [0.4, 0.5) is 0 Å². The third-order valence-corrected chi connectivity index (χ3v) is 5.46. The van der Waals surface area contributed by atoms with Crippen LogP contribution in [0.15, 0.2) is 51.3 Å². The Bertz CT molecular complexity index is 1000. The highest BCUT2D eigenvalue weighted by Crippen LogP contribution is 2.24. The van der Waals surface area contributed by atoms with E-state index in [0.29, 0.717) is 17.1 Å². The van der Waals surface area contributed by atoms with Crippen molar-refractivity contribution in [3.63, 3.8) is 0 Å². The molecule has 0 atom stereocenters. The fourth-order valence-corrected chi connectivity index (χ4v) is 3.46. The largest absolute Gasteiger partial charge is 0.455 e. The van der Waals surface area contributed by atoms with Gasteiger partial charge < -0.3 is 9.15 Å². The summed E-state index contributed by atoms with van der Waals surface area (Å²) >= 11 is 1.50. The summed E-state index contributed by atoms with van der Waals surface area (Å²) in [6, 6.07) is 8.14. The Morgan fingerprint density at radius 3 is 2.80 bits per heavy atom. The Kier molecular flexibility index (Phi) is 4.73. The lowest BCUT2D eigenvalue weighted by Crippen LogP contribution is -2.09. The van der Waals surface area contributed by atoms with Crippen LogP contribution in [-0.4, -0.2) is 25.6 Å². The molecule has 0 unspecified atom stereocenters. The normalized spacial score (nSPS) is 11.4. The molecule has 3 rings (SSSR count). The van der Waals surface area contributed by atoms with Crippen LogP contribution >= 0.6 is 11.3 Å². The van der Waals surface area contributed by atoms with Gasteiger partial charge in [-0.15, -0.1) is 11.3 Å². The molecular weight excluding hydrogens is 362 g/mol. The fraction of sp³-hybridized carbons (Fsp3) is 0.176.